The first-order valence-corrected chi connectivity index (χ1v) is 16.8. The second-order valence-electron chi connectivity index (χ2n) is 9.91. The maximum atomic E-state index is 11.6. The lowest BCUT2D eigenvalue weighted by Gasteiger charge is -2.32. The molecule has 0 unspecified atom stereocenters. The summed E-state index contributed by atoms with van der Waals surface area (Å²) in [5.74, 6) is -0.620. The van der Waals surface area contributed by atoms with Crippen molar-refractivity contribution < 1.29 is 28.4 Å². The normalized spacial score (nSPS) is 14.2. The Labute approximate surface area is 294 Å². The number of hydrogen-bond donors (Lipinski definition) is 0. The van der Waals surface area contributed by atoms with Crippen molar-refractivity contribution in [3.8, 4) is 10.6 Å². The van der Waals surface area contributed by atoms with Crippen molar-refractivity contribution in [1.82, 2.24) is 18.7 Å². The molecule has 0 amide bonds. The Morgan fingerprint density at radius 2 is 1.24 bits per heavy atom. The minimum absolute atomic E-state index is 0. The number of ether oxygens (including phenoxy) is 2. The monoisotopic (exact) mass is 802 g/mol. The molecule has 0 radical (unpaired) electrons. The molecule has 10 nitrogen and oxygen atoms in total. The molecule has 5 rings (SSSR count). The second kappa shape index (κ2) is 17.6. The first-order valence-electron chi connectivity index (χ1n) is 13.3. The molecule has 0 spiro atoms. The predicted molar refractivity (Wildman–Crippen MR) is 186 cm³/mol. The van der Waals surface area contributed by atoms with E-state index < -0.39 is 7.12 Å². The highest BCUT2D eigenvalue weighted by Gasteiger charge is 2.51. The fourth-order valence-electron chi connectivity index (χ4n) is 3.44. The van der Waals surface area contributed by atoms with E-state index in [1.165, 1.54) is 11.5 Å². The highest BCUT2D eigenvalue weighted by atomic mass is 79.9. The van der Waals surface area contributed by atoms with E-state index in [1.54, 1.807) is 38.1 Å². The smallest absolute Gasteiger partial charge is 0.462 e. The highest BCUT2D eigenvalue weighted by molar-refractivity contribution is 9.10. The van der Waals surface area contributed by atoms with E-state index in [9.17, 15) is 9.59 Å². The molecule has 16 heteroatoms. The van der Waals surface area contributed by atoms with Crippen LogP contribution in [-0.4, -0.2) is 62.2 Å². The summed E-state index contributed by atoms with van der Waals surface area (Å²) in [7, 11) is -0.406. The molecule has 0 saturated carbocycles. The van der Waals surface area contributed by atoms with Crippen LogP contribution in [0, 0.1) is 0 Å². The number of benzene rings is 2. The molecule has 3 heterocycles. The molecule has 1 aliphatic heterocycles. The van der Waals surface area contributed by atoms with Crippen LogP contribution in [-0.2, 0) is 18.8 Å². The van der Waals surface area contributed by atoms with Gasteiger partial charge in [0.05, 0.1) is 35.5 Å². The Kier molecular flexibility index (Phi) is 15.2. The standard InChI is InChI=1S/C15H21BO4.C11H9BrN2O2S.C2BrClN2S.CH4/c1-6-18-13(17)11-7-9-12(10-8-11)16-19-14(2,3)15(4,5)20-16;1-2-16-10(15)8-5-3-7(4-6-8)9-13-11(12)14-17-9;3-1-5-2(4)7-6-1;/h7-10H,6H2,1-5H3;3-6H,2H2,1H3;;1H4. The van der Waals surface area contributed by atoms with Crippen molar-refractivity contribution >= 4 is 91.0 Å². The van der Waals surface area contributed by atoms with E-state index in [1.807, 2.05) is 52.0 Å². The van der Waals surface area contributed by atoms with Crippen molar-refractivity contribution in [3.05, 3.63) is 73.6 Å². The average Bonchev–Trinajstić information content (AvgIpc) is 3.65. The third kappa shape index (κ3) is 11.2. The number of rotatable bonds is 6. The van der Waals surface area contributed by atoms with Crippen molar-refractivity contribution in [1.29, 1.82) is 0 Å². The summed E-state index contributed by atoms with van der Waals surface area (Å²) in [6, 6.07) is 14.3. The van der Waals surface area contributed by atoms with E-state index in [2.05, 4.69) is 50.6 Å². The van der Waals surface area contributed by atoms with Gasteiger partial charge in [-0.25, -0.2) is 14.6 Å². The fraction of sp³-hybridized carbons (Fsp3) is 0.379. The molecule has 1 fully saturated rings. The van der Waals surface area contributed by atoms with Crippen LogP contribution in [0.3, 0.4) is 0 Å². The average molecular weight is 805 g/mol. The zero-order valence-electron chi connectivity index (χ0n) is 24.8. The van der Waals surface area contributed by atoms with E-state index in [4.69, 9.17) is 30.4 Å². The van der Waals surface area contributed by atoms with Crippen LogP contribution in [0.5, 0.6) is 0 Å². The lowest BCUT2D eigenvalue weighted by Crippen LogP contribution is -2.41. The van der Waals surface area contributed by atoms with Crippen molar-refractivity contribution in [3.63, 3.8) is 0 Å². The van der Waals surface area contributed by atoms with E-state index >= 15 is 0 Å². The van der Waals surface area contributed by atoms with Gasteiger partial charge < -0.3 is 18.8 Å². The number of nitrogens with zero attached hydrogens (tertiary/aromatic N) is 4. The van der Waals surface area contributed by atoms with Gasteiger partial charge in [0, 0.05) is 5.56 Å². The molecule has 1 saturated heterocycles. The quantitative estimate of drug-likeness (QED) is 0.141. The maximum Gasteiger partial charge on any atom is 0.494 e. The summed E-state index contributed by atoms with van der Waals surface area (Å²) < 4.78 is 31.1. The van der Waals surface area contributed by atoms with Crippen molar-refractivity contribution in [2.75, 3.05) is 13.2 Å². The number of hydrogen-bond acceptors (Lipinski definition) is 12. The van der Waals surface area contributed by atoms with Gasteiger partial charge in [0.1, 0.15) is 5.01 Å². The van der Waals surface area contributed by atoms with Gasteiger partial charge in [-0.2, -0.15) is 13.7 Å². The van der Waals surface area contributed by atoms with Crippen LogP contribution in [0.25, 0.3) is 10.6 Å². The summed E-state index contributed by atoms with van der Waals surface area (Å²) in [6.45, 7) is 12.4. The van der Waals surface area contributed by atoms with Gasteiger partial charge in [-0.3, -0.25) is 0 Å². The lowest BCUT2D eigenvalue weighted by molar-refractivity contribution is 0.00578. The van der Waals surface area contributed by atoms with Crippen LogP contribution in [0.15, 0.2) is 58.0 Å². The van der Waals surface area contributed by atoms with Gasteiger partial charge in [0.15, 0.2) is 0 Å². The number of aromatic nitrogens is 4. The fourth-order valence-corrected chi connectivity index (χ4v) is 5.64. The van der Waals surface area contributed by atoms with E-state index in [-0.39, 0.29) is 30.6 Å². The van der Waals surface area contributed by atoms with Gasteiger partial charge in [-0.15, -0.1) is 0 Å². The Balaban J connectivity index is 0.000000256. The molecule has 45 heavy (non-hydrogen) atoms. The molecule has 0 atom stereocenters. The molecule has 2 aromatic carbocycles. The Hall–Kier alpha value is -2.27. The first-order chi connectivity index (χ1) is 20.8. The SMILES string of the molecule is C.CCOC(=O)c1ccc(-c2nc(Br)ns2)cc1.CCOC(=O)c1ccc(B2OC(C)(C)C(C)(C)O2)cc1.Clc1nc(Br)ns1. The Morgan fingerprint density at radius 3 is 1.60 bits per heavy atom. The number of carbonyl (C=O) groups excluding carboxylic acids is 2. The molecule has 4 aromatic rings. The number of carbonyl (C=O) groups is 2. The second-order valence-corrected chi connectivity index (χ2v) is 13.4. The van der Waals surface area contributed by atoms with E-state index in [0.29, 0.717) is 38.3 Å². The zero-order valence-corrected chi connectivity index (χ0v) is 30.4. The predicted octanol–water partition coefficient (Wildman–Crippen LogP) is 7.90. The van der Waals surface area contributed by atoms with Gasteiger partial charge in [0.25, 0.3) is 0 Å². The van der Waals surface area contributed by atoms with Crippen LogP contribution < -0.4 is 5.46 Å². The van der Waals surface area contributed by atoms with Crippen molar-refractivity contribution in [2.45, 2.75) is 60.2 Å². The van der Waals surface area contributed by atoms with Gasteiger partial charge in [-0.1, -0.05) is 31.7 Å². The number of esters is 2. The van der Waals surface area contributed by atoms with E-state index in [0.717, 1.165) is 27.6 Å². The summed E-state index contributed by atoms with van der Waals surface area (Å²) in [6.07, 6.45) is 0. The Bertz CT molecular complexity index is 1510. The summed E-state index contributed by atoms with van der Waals surface area (Å²) in [4.78, 5) is 30.9. The molecule has 1 aliphatic rings. The molecule has 2 aromatic heterocycles. The van der Waals surface area contributed by atoms with Crippen LogP contribution in [0.4, 0.5) is 0 Å². The highest BCUT2D eigenvalue weighted by Crippen LogP contribution is 2.36. The zero-order chi connectivity index (χ0) is 32.5. The lowest BCUT2D eigenvalue weighted by atomic mass is 9.79. The van der Waals surface area contributed by atoms with Crippen LogP contribution in [0.1, 0.15) is 69.7 Å². The summed E-state index contributed by atoms with van der Waals surface area (Å²) >= 11 is 14.1. The topological polar surface area (TPSA) is 123 Å². The molecule has 0 bridgehead atoms. The third-order valence-electron chi connectivity index (χ3n) is 6.37. The third-order valence-corrected chi connectivity index (χ3v) is 9.11. The van der Waals surface area contributed by atoms with Crippen molar-refractivity contribution in [2.24, 2.45) is 0 Å². The molecular weight excluding hydrogens is 771 g/mol. The summed E-state index contributed by atoms with van der Waals surface area (Å²) in [5, 5.41) is 0.812. The van der Waals surface area contributed by atoms with Crippen LogP contribution in [0.2, 0.25) is 4.47 Å². The number of halogens is 3. The largest absolute Gasteiger partial charge is 0.494 e. The molecule has 0 aliphatic carbocycles. The molecular formula is C29H34BBr2ClN4O6S2. The first kappa shape index (κ1) is 38.9. The van der Waals surface area contributed by atoms with Gasteiger partial charge in [0.2, 0.25) is 13.9 Å². The van der Waals surface area contributed by atoms with Gasteiger partial charge >= 0.3 is 19.1 Å². The van der Waals surface area contributed by atoms with Gasteiger partial charge in [-0.05, 0) is 138 Å². The minimum atomic E-state index is -0.406. The minimum Gasteiger partial charge on any atom is -0.462 e. The molecule has 0 N–H and O–H groups in total. The Morgan fingerprint density at radius 1 is 0.800 bits per heavy atom. The van der Waals surface area contributed by atoms with Crippen LogP contribution >= 0.6 is 66.5 Å². The maximum absolute atomic E-state index is 11.6. The summed E-state index contributed by atoms with van der Waals surface area (Å²) in [5.41, 5.74) is 2.18. The molecule has 242 valence electrons.